The van der Waals surface area contributed by atoms with Crippen molar-refractivity contribution in [2.75, 3.05) is 18.7 Å². The average Bonchev–Trinajstić information content (AvgIpc) is 2.45. The van der Waals surface area contributed by atoms with Crippen LogP contribution in [0.4, 0.5) is 9.18 Å². The monoisotopic (exact) mass is 409 g/mol. The quantitative estimate of drug-likeness (QED) is 0.600. The van der Waals surface area contributed by atoms with Crippen molar-refractivity contribution in [3.05, 3.63) is 30.1 Å². The fraction of sp³-hybridized carbons (Fsp3) is 0.562. The van der Waals surface area contributed by atoms with Crippen molar-refractivity contribution in [2.24, 2.45) is 4.36 Å². The van der Waals surface area contributed by atoms with Crippen molar-refractivity contribution in [3.63, 3.8) is 0 Å². The summed E-state index contributed by atoms with van der Waals surface area (Å²) in [6.07, 6.45) is -1.08. The summed E-state index contributed by atoms with van der Waals surface area (Å²) in [6, 6.07) is 4.58. The Labute approximate surface area is 153 Å². The maximum atomic E-state index is 13.4. The first-order chi connectivity index (χ1) is 11.9. The van der Waals surface area contributed by atoms with E-state index in [-0.39, 0.29) is 18.1 Å². The largest absolute Gasteiger partial charge is 0.442 e. The van der Waals surface area contributed by atoms with Crippen LogP contribution in [0.5, 0.6) is 0 Å². The Balaban J connectivity index is 3.42. The highest BCUT2D eigenvalue weighted by Gasteiger charge is 2.33. The van der Waals surface area contributed by atoms with Crippen LogP contribution in [0.2, 0.25) is 0 Å². The van der Waals surface area contributed by atoms with Gasteiger partial charge < -0.3 is 13.8 Å². The minimum Gasteiger partial charge on any atom is -0.442 e. The first-order valence-corrected chi connectivity index (χ1v) is 11.5. The van der Waals surface area contributed by atoms with Crippen LogP contribution >= 0.6 is 7.60 Å². The van der Waals surface area contributed by atoms with Crippen LogP contribution in [0.1, 0.15) is 34.6 Å². The molecule has 0 bridgehead atoms. The van der Waals surface area contributed by atoms with E-state index < -0.39 is 40.3 Å². The number of nitrogens with zero attached hydrogens (tertiary/aromatic N) is 1. The van der Waals surface area contributed by atoms with Crippen LogP contribution in [0.15, 0.2) is 33.5 Å². The van der Waals surface area contributed by atoms with E-state index >= 15 is 0 Å². The number of benzene rings is 1. The lowest BCUT2D eigenvalue weighted by molar-refractivity contribution is 0.0607. The molecule has 1 rings (SSSR count). The number of halogens is 1. The van der Waals surface area contributed by atoms with Crippen molar-refractivity contribution in [1.82, 2.24) is 0 Å². The fourth-order valence-corrected chi connectivity index (χ4v) is 6.87. The molecule has 0 aliphatic carbocycles. The van der Waals surface area contributed by atoms with Crippen molar-refractivity contribution in [2.45, 2.75) is 45.1 Å². The standard InChI is InChI=1S/C16H25FNO6PS/c1-6-22-25(20,23-7-2)12-26(21,14-10-8-13(17)9-11-14)18-15(19)24-16(3,4)5/h8-11H,6-7,12H2,1-5H3. The van der Waals surface area contributed by atoms with E-state index in [1.807, 2.05) is 0 Å². The summed E-state index contributed by atoms with van der Waals surface area (Å²) in [7, 11) is -7.38. The molecule has 0 fully saturated rings. The summed E-state index contributed by atoms with van der Waals surface area (Å²) in [6.45, 7) is 8.22. The van der Waals surface area contributed by atoms with Gasteiger partial charge in [-0.3, -0.25) is 4.57 Å². The highest BCUT2D eigenvalue weighted by atomic mass is 32.2. The van der Waals surface area contributed by atoms with Crippen LogP contribution in [0.25, 0.3) is 0 Å². The molecule has 1 unspecified atom stereocenters. The molecular formula is C16H25FNO6PS. The van der Waals surface area contributed by atoms with Crippen LogP contribution in [-0.4, -0.2) is 34.6 Å². The van der Waals surface area contributed by atoms with Gasteiger partial charge in [-0.05, 0) is 58.9 Å². The maximum absolute atomic E-state index is 13.4. The average molecular weight is 409 g/mol. The van der Waals surface area contributed by atoms with E-state index in [2.05, 4.69) is 4.36 Å². The van der Waals surface area contributed by atoms with Crippen molar-refractivity contribution >= 4 is 23.4 Å². The summed E-state index contributed by atoms with van der Waals surface area (Å²) in [4.78, 5) is 12.1. The lowest BCUT2D eigenvalue weighted by Crippen LogP contribution is -2.23. The third-order valence-corrected chi connectivity index (χ3v) is 8.20. The van der Waals surface area contributed by atoms with Gasteiger partial charge in [-0.2, -0.15) is 0 Å². The zero-order chi connectivity index (χ0) is 20.0. The normalized spacial score (nSPS) is 14.5. The summed E-state index contributed by atoms with van der Waals surface area (Å²) < 4.78 is 58.5. The van der Waals surface area contributed by atoms with Gasteiger partial charge in [0.15, 0.2) is 0 Å². The summed E-state index contributed by atoms with van der Waals surface area (Å²) in [5, 5.41) is 0. The summed E-state index contributed by atoms with van der Waals surface area (Å²) in [5.74, 6) is -0.550. The van der Waals surface area contributed by atoms with E-state index in [1.54, 1.807) is 34.6 Å². The van der Waals surface area contributed by atoms with Gasteiger partial charge in [0.25, 0.3) is 0 Å². The van der Waals surface area contributed by atoms with Crippen LogP contribution in [0, 0.1) is 5.82 Å². The van der Waals surface area contributed by atoms with Gasteiger partial charge in [0.05, 0.1) is 22.9 Å². The fourth-order valence-electron chi connectivity index (χ4n) is 1.92. The van der Waals surface area contributed by atoms with Crippen LogP contribution < -0.4 is 0 Å². The molecule has 0 spiro atoms. The molecule has 1 amide bonds. The molecule has 148 valence electrons. The third-order valence-electron chi connectivity index (χ3n) is 2.78. The second kappa shape index (κ2) is 9.08. The molecule has 7 nitrogen and oxygen atoms in total. The number of rotatable bonds is 7. The highest BCUT2D eigenvalue weighted by molar-refractivity contribution is 7.99. The lowest BCUT2D eigenvalue weighted by Gasteiger charge is -2.21. The van der Waals surface area contributed by atoms with E-state index in [0.717, 1.165) is 12.1 Å². The molecule has 0 heterocycles. The molecule has 26 heavy (non-hydrogen) atoms. The minimum atomic E-state index is -3.80. The van der Waals surface area contributed by atoms with Crippen molar-refractivity contribution < 1.29 is 31.7 Å². The molecule has 1 aromatic carbocycles. The molecule has 0 N–H and O–H groups in total. The number of carbonyl (C=O) groups is 1. The van der Waals surface area contributed by atoms with Gasteiger partial charge in [-0.25, -0.2) is 13.4 Å². The highest BCUT2D eigenvalue weighted by Crippen LogP contribution is 2.50. The summed E-state index contributed by atoms with van der Waals surface area (Å²) in [5.41, 5.74) is -1.50. The topological polar surface area (TPSA) is 91.3 Å². The smallest absolute Gasteiger partial charge is 0.442 e. The second-order valence-corrected chi connectivity index (χ2v) is 10.9. The first-order valence-electron chi connectivity index (χ1n) is 8.04. The van der Waals surface area contributed by atoms with Gasteiger partial charge in [0.1, 0.15) is 16.9 Å². The van der Waals surface area contributed by atoms with Crippen LogP contribution in [0.3, 0.4) is 0 Å². The van der Waals surface area contributed by atoms with E-state index in [1.165, 1.54) is 12.1 Å². The molecule has 0 aromatic heterocycles. The molecule has 1 aromatic rings. The van der Waals surface area contributed by atoms with Gasteiger partial charge in [0, 0.05) is 4.90 Å². The Kier molecular flexibility index (Phi) is 7.95. The minimum absolute atomic E-state index is 0.0318. The Morgan fingerprint density at radius 2 is 1.65 bits per heavy atom. The molecule has 0 aliphatic heterocycles. The zero-order valence-electron chi connectivity index (χ0n) is 15.6. The van der Waals surface area contributed by atoms with E-state index in [0.29, 0.717) is 0 Å². The number of hydrogen-bond donors (Lipinski definition) is 0. The van der Waals surface area contributed by atoms with Gasteiger partial charge in [-0.1, -0.05) is 0 Å². The Morgan fingerprint density at radius 3 is 2.08 bits per heavy atom. The number of carbonyl (C=O) groups excluding carboxylic acids is 1. The SMILES string of the molecule is CCOP(=O)(CS(=O)(=NC(=O)OC(C)(C)C)c1ccc(F)cc1)OCC. The Hall–Kier alpha value is -1.28. The van der Waals surface area contributed by atoms with Gasteiger partial charge >= 0.3 is 13.7 Å². The lowest BCUT2D eigenvalue weighted by atomic mass is 10.2. The number of ether oxygens (including phenoxy) is 1. The second-order valence-electron chi connectivity index (χ2n) is 6.24. The number of hydrogen-bond acceptors (Lipinski definition) is 6. The maximum Gasteiger partial charge on any atom is 0.442 e. The van der Waals surface area contributed by atoms with Crippen molar-refractivity contribution in [3.8, 4) is 0 Å². The van der Waals surface area contributed by atoms with Crippen molar-refractivity contribution in [1.29, 1.82) is 0 Å². The zero-order valence-corrected chi connectivity index (χ0v) is 17.3. The molecule has 0 saturated heterocycles. The molecule has 0 saturated carbocycles. The predicted octanol–water partition coefficient (Wildman–Crippen LogP) is 4.81. The third kappa shape index (κ3) is 7.15. The molecule has 1 atom stereocenters. The first kappa shape index (κ1) is 22.8. The molecule has 0 radical (unpaired) electrons. The van der Waals surface area contributed by atoms with E-state index in [4.69, 9.17) is 13.8 Å². The predicted molar refractivity (Wildman–Crippen MR) is 97.2 cm³/mol. The Morgan fingerprint density at radius 1 is 1.15 bits per heavy atom. The number of amides is 1. The molecule has 0 aliphatic rings. The van der Waals surface area contributed by atoms with Gasteiger partial charge in [-0.15, -0.1) is 4.36 Å². The Bertz CT molecular complexity index is 771. The van der Waals surface area contributed by atoms with Gasteiger partial charge in [0.2, 0.25) is 0 Å². The summed E-state index contributed by atoms with van der Waals surface area (Å²) >= 11 is 0. The van der Waals surface area contributed by atoms with Crippen LogP contribution in [-0.2, 0) is 28.1 Å². The molecular weight excluding hydrogens is 384 g/mol. The molecule has 10 heteroatoms. The van der Waals surface area contributed by atoms with E-state index in [9.17, 15) is 18.0 Å².